The smallest absolute Gasteiger partial charge is 0.216 e. The van der Waals surface area contributed by atoms with E-state index in [1.54, 1.807) is 0 Å². The van der Waals surface area contributed by atoms with Crippen LogP contribution in [0.1, 0.15) is 46.2 Å². The van der Waals surface area contributed by atoms with Gasteiger partial charge in [-0.05, 0) is 60.1 Å². The van der Waals surface area contributed by atoms with Crippen LogP contribution in [0.2, 0.25) is 0 Å². The standard InChI is InChI=1S/C25H26N2O4/c28-11-17-13-30-23(26-17)19-5-1-3-15-7-9-25(21(15)19)10-8-16-4-2-6-20(22(16)25)24-27-18(12-29)14-31-24/h1-6,17-18,28-29H,7-14H2/t17-,18-,25?/m0/s1. The number of hydrogen-bond donors (Lipinski definition) is 2. The first-order chi connectivity index (χ1) is 15.2. The quantitative estimate of drug-likeness (QED) is 0.797. The molecule has 0 fully saturated rings. The van der Waals surface area contributed by atoms with E-state index in [-0.39, 0.29) is 30.7 Å². The topological polar surface area (TPSA) is 83.6 Å². The molecule has 2 aromatic carbocycles. The molecule has 6 nitrogen and oxygen atoms in total. The first-order valence-electron chi connectivity index (χ1n) is 11.1. The number of benzene rings is 2. The minimum atomic E-state index is -0.189. The van der Waals surface area contributed by atoms with Gasteiger partial charge in [-0.1, -0.05) is 24.3 Å². The van der Waals surface area contributed by atoms with Crippen molar-refractivity contribution in [2.45, 2.75) is 43.2 Å². The maximum absolute atomic E-state index is 9.53. The van der Waals surface area contributed by atoms with Crippen LogP contribution in [0.5, 0.6) is 0 Å². The molecule has 6 heteroatoms. The van der Waals surface area contributed by atoms with Crippen molar-refractivity contribution >= 4 is 11.8 Å². The van der Waals surface area contributed by atoms with Gasteiger partial charge in [0.1, 0.15) is 25.3 Å². The summed E-state index contributed by atoms with van der Waals surface area (Å²) in [6.45, 7) is 0.856. The zero-order valence-corrected chi connectivity index (χ0v) is 17.4. The van der Waals surface area contributed by atoms with E-state index in [4.69, 9.17) is 9.47 Å². The Labute approximate surface area is 181 Å². The van der Waals surface area contributed by atoms with Crippen LogP contribution in [-0.2, 0) is 27.7 Å². The minimum absolute atomic E-state index is 0.000163. The summed E-state index contributed by atoms with van der Waals surface area (Å²) >= 11 is 0. The van der Waals surface area contributed by atoms with Crippen LogP contribution in [0.15, 0.2) is 46.4 Å². The second kappa shape index (κ2) is 7.18. The first-order valence-corrected chi connectivity index (χ1v) is 11.1. The van der Waals surface area contributed by atoms with Crippen molar-refractivity contribution in [3.8, 4) is 0 Å². The predicted molar refractivity (Wildman–Crippen MR) is 117 cm³/mol. The van der Waals surface area contributed by atoms with Gasteiger partial charge in [-0.3, -0.25) is 0 Å². The second-order valence-corrected chi connectivity index (χ2v) is 8.92. The molecular formula is C25H26N2O4. The highest BCUT2D eigenvalue weighted by Gasteiger charge is 2.49. The lowest BCUT2D eigenvalue weighted by atomic mass is 9.73. The van der Waals surface area contributed by atoms with Crippen molar-refractivity contribution in [1.29, 1.82) is 0 Å². The Morgan fingerprint density at radius 3 is 1.68 bits per heavy atom. The summed E-state index contributed by atoms with van der Waals surface area (Å²) in [5.41, 5.74) is 7.31. The van der Waals surface area contributed by atoms with Gasteiger partial charge >= 0.3 is 0 Å². The van der Waals surface area contributed by atoms with E-state index in [9.17, 15) is 10.2 Å². The zero-order valence-electron chi connectivity index (χ0n) is 17.4. The summed E-state index contributed by atoms with van der Waals surface area (Å²) in [6.07, 6.45) is 4.11. The van der Waals surface area contributed by atoms with E-state index in [2.05, 4.69) is 46.4 Å². The number of aliphatic hydroxyl groups excluding tert-OH is 2. The molecule has 2 aromatic rings. The van der Waals surface area contributed by atoms with Crippen LogP contribution >= 0.6 is 0 Å². The molecule has 0 amide bonds. The summed E-state index contributed by atoms with van der Waals surface area (Å²) in [6, 6.07) is 12.5. The van der Waals surface area contributed by atoms with Crippen molar-refractivity contribution in [3.05, 3.63) is 69.8 Å². The number of hydrogen-bond acceptors (Lipinski definition) is 6. The number of rotatable bonds is 4. The lowest BCUT2D eigenvalue weighted by Crippen LogP contribution is -2.27. The van der Waals surface area contributed by atoms with Gasteiger partial charge in [0, 0.05) is 16.5 Å². The second-order valence-electron chi connectivity index (χ2n) is 8.92. The van der Waals surface area contributed by atoms with E-state index in [0.29, 0.717) is 25.0 Å². The van der Waals surface area contributed by atoms with E-state index >= 15 is 0 Å². The van der Waals surface area contributed by atoms with Crippen LogP contribution in [-0.4, -0.2) is 60.5 Å². The molecule has 2 atom stereocenters. The van der Waals surface area contributed by atoms with Gasteiger partial charge in [0.2, 0.25) is 11.8 Å². The van der Waals surface area contributed by atoms with Gasteiger partial charge in [-0.25, -0.2) is 9.98 Å². The molecule has 0 bridgehead atoms. The van der Waals surface area contributed by atoms with Gasteiger partial charge in [-0.2, -0.15) is 0 Å². The Kier molecular flexibility index (Phi) is 4.40. The maximum atomic E-state index is 9.53. The average molecular weight is 418 g/mol. The van der Waals surface area contributed by atoms with Crippen LogP contribution in [0.25, 0.3) is 0 Å². The third-order valence-corrected chi connectivity index (χ3v) is 7.21. The summed E-state index contributed by atoms with van der Waals surface area (Å²) in [5.74, 6) is 1.30. The van der Waals surface area contributed by atoms with Crippen molar-refractivity contribution in [2.75, 3.05) is 26.4 Å². The van der Waals surface area contributed by atoms with Crippen molar-refractivity contribution in [1.82, 2.24) is 0 Å². The van der Waals surface area contributed by atoms with Crippen molar-refractivity contribution in [3.63, 3.8) is 0 Å². The van der Waals surface area contributed by atoms with Gasteiger partial charge in [-0.15, -0.1) is 0 Å². The van der Waals surface area contributed by atoms with Crippen molar-refractivity contribution < 1.29 is 19.7 Å². The molecule has 160 valence electrons. The fourth-order valence-electron chi connectivity index (χ4n) is 5.86. The zero-order chi connectivity index (χ0) is 21.0. The molecule has 0 aromatic heterocycles. The summed E-state index contributed by atoms with van der Waals surface area (Å²) in [4.78, 5) is 9.31. The molecule has 0 radical (unpaired) electrons. The third-order valence-electron chi connectivity index (χ3n) is 7.21. The van der Waals surface area contributed by atoms with Crippen LogP contribution in [0.4, 0.5) is 0 Å². The van der Waals surface area contributed by atoms with Crippen LogP contribution < -0.4 is 0 Å². The number of nitrogens with zero attached hydrogens (tertiary/aromatic N) is 2. The number of aliphatic hydroxyl groups is 2. The molecule has 2 aliphatic carbocycles. The molecule has 0 unspecified atom stereocenters. The Hall–Kier alpha value is -2.70. The summed E-state index contributed by atoms with van der Waals surface area (Å²) < 4.78 is 11.9. The number of aliphatic imine (C=N–C) groups is 2. The van der Waals surface area contributed by atoms with E-state index < -0.39 is 0 Å². The van der Waals surface area contributed by atoms with Crippen LogP contribution in [0.3, 0.4) is 0 Å². The molecule has 2 N–H and O–H groups in total. The van der Waals surface area contributed by atoms with Crippen molar-refractivity contribution in [2.24, 2.45) is 9.98 Å². The number of fused-ring (bicyclic) bond motifs is 4. The third kappa shape index (κ3) is 2.78. The largest absolute Gasteiger partial charge is 0.475 e. The Bertz CT molecular complexity index is 1020. The highest BCUT2D eigenvalue weighted by atomic mass is 16.5. The molecule has 2 heterocycles. The van der Waals surface area contributed by atoms with Crippen LogP contribution in [0, 0.1) is 0 Å². The molecule has 0 saturated heterocycles. The summed E-state index contributed by atoms with van der Waals surface area (Å²) in [7, 11) is 0. The maximum Gasteiger partial charge on any atom is 0.216 e. The van der Waals surface area contributed by atoms with E-state index in [0.717, 1.165) is 36.8 Å². The SMILES string of the molecule is OC[C@H]1COC(c2cccc3c2C2(CC3)CCc3cccc(C4=N[C@@H](CO)CO4)c32)=N1. The Balaban J connectivity index is 1.53. The Morgan fingerprint density at radius 2 is 1.26 bits per heavy atom. The Morgan fingerprint density at radius 1 is 0.774 bits per heavy atom. The summed E-state index contributed by atoms with van der Waals surface area (Å²) in [5, 5.41) is 19.1. The molecule has 0 saturated carbocycles. The molecule has 4 aliphatic rings. The normalized spacial score (nSPS) is 25.1. The number of ether oxygens (including phenoxy) is 2. The predicted octanol–water partition coefficient (Wildman–Crippen LogP) is 2.14. The highest BCUT2D eigenvalue weighted by Crippen LogP contribution is 2.54. The fourth-order valence-corrected chi connectivity index (χ4v) is 5.86. The molecule has 2 aliphatic heterocycles. The lowest BCUT2D eigenvalue weighted by molar-refractivity contribution is 0.227. The van der Waals surface area contributed by atoms with Gasteiger partial charge in [0.25, 0.3) is 0 Å². The molecule has 1 spiro atoms. The number of aryl methyl sites for hydroxylation is 2. The van der Waals surface area contributed by atoms with Gasteiger partial charge < -0.3 is 19.7 Å². The fraction of sp³-hybridized carbons (Fsp3) is 0.440. The lowest BCUT2D eigenvalue weighted by Gasteiger charge is -2.30. The molecule has 6 rings (SSSR count). The van der Waals surface area contributed by atoms with E-state index in [1.807, 2.05) is 0 Å². The molecule has 31 heavy (non-hydrogen) atoms. The molecular weight excluding hydrogens is 392 g/mol. The minimum Gasteiger partial charge on any atom is -0.475 e. The first kappa shape index (κ1) is 19.0. The van der Waals surface area contributed by atoms with Gasteiger partial charge in [0.05, 0.1) is 13.2 Å². The highest BCUT2D eigenvalue weighted by molar-refractivity contribution is 6.00. The monoisotopic (exact) mass is 418 g/mol. The van der Waals surface area contributed by atoms with E-state index in [1.165, 1.54) is 22.3 Å². The van der Waals surface area contributed by atoms with Gasteiger partial charge in [0.15, 0.2) is 0 Å². The average Bonchev–Trinajstić information content (AvgIpc) is 3.60.